The molecular weight excluding hydrogens is 424 g/mol. The van der Waals surface area contributed by atoms with Crippen LogP contribution in [0.25, 0.3) is 0 Å². The maximum Gasteiger partial charge on any atom is 0.160 e. The van der Waals surface area contributed by atoms with Gasteiger partial charge in [-0.15, -0.1) is 0 Å². The van der Waals surface area contributed by atoms with E-state index in [1.807, 2.05) is 27.7 Å². The summed E-state index contributed by atoms with van der Waals surface area (Å²) in [5.74, 6) is 0. The zero-order valence-electron chi connectivity index (χ0n) is 23.8. The molecule has 0 atom stereocenters. The summed E-state index contributed by atoms with van der Waals surface area (Å²) < 4.78 is 25.7. The highest BCUT2D eigenvalue weighted by Crippen LogP contribution is 2.36. The maximum absolute atomic E-state index is 13.5. The van der Waals surface area contributed by atoms with Crippen molar-refractivity contribution in [2.75, 3.05) is 0 Å². The zero-order chi connectivity index (χ0) is 25.1. The lowest BCUT2D eigenvalue weighted by Crippen LogP contribution is -2.45. The fourth-order valence-electron chi connectivity index (χ4n) is 5.09. The molecule has 0 saturated heterocycles. The monoisotopic (exact) mass is 486 g/mol. The molecule has 0 aromatic carbocycles. The highest BCUT2D eigenvalue weighted by Gasteiger charge is 2.44. The molecule has 0 N–H and O–H groups in total. The van der Waals surface area contributed by atoms with Crippen LogP contribution < -0.4 is 0 Å². The lowest BCUT2D eigenvalue weighted by atomic mass is 10.0. The van der Waals surface area contributed by atoms with Gasteiger partial charge in [0.05, 0.1) is 9.49 Å². The molecule has 0 aromatic heterocycles. The minimum absolute atomic E-state index is 0.616. The van der Waals surface area contributed by atoms with Crippen LogP contribution in [0.4, 0.5) is 0 Å². The van der Waals surface area contributed by atoms with Crippen molar-refractivity contribution < 1.29 is 8.42 Å². The topological polar surface area (TPSA) is 34.1 Å². The highest BCUT2D eigenvalue weighted by molar-refractivity contribution is 7.94. The lowest BCUT2D eigenvalue weighted by Gasteiger charge is -2.35. The van der Waals surface area contributed by atoms with Gasteiger partial charge < -0.3 is 0 Å². The van der Waals surface area contributed by atoms with Crippen LogP contribution in [-0.2, 0) is 9.84 Å². The normalized spacial score (nSPS) is 13.0. The van der Waals surface area contributed by atoms with Gasteiger partial charge in [-0.3, -0.25) is 0 Å². The second-order valence-corrected chi connectivity index (χ2v) is 15.1. The lowest BCUT2D eigenvalue weighted by molar-refractivity contribution is 0.450. The summed E-state index contributed by atoms with van der Waals surface area (Å²) in [4.78, 5) is 0. The molecule has 0 amide bonds. The maximum atomic E-state index is 13.5. The first-order chi connectivity index (χ1) is 15.6. The number of rotatable bonds is 24. The average molecular weight is 487 g/mol. The molecule has 2 nitrogen and oxygen atoms in total. The van der Waals surface area contributed by atoms with E-state index < -0.39 is 19.3 Å². The first kappa shape index (κ1) is 33.0. The number of sulfone groups is 1. The Bertz CT molecular complexity index is 491. The van der Waals surface area contributed by atoms with Gasteiger partial charge in [0.25, 0.3) is 0 Å². The van der Waals surface area contributed by atoms with E-state index in [9.17, 15) is 8.42 Å². The standard InChI is InChI=1S/C30H62O2S/c1-7-9-11-13-15-17-19-21-23-25-27-29(3,4)33(31,32)30(5,6)28-26-24-22-20-18-16-14-12-10-8-2/h7-28H2,1-6H3. The van der Waals surface area contributed by atoms with Gasteiger partial charge in [0.15, 0.2) is 9.84 Å². The molecule has 0 heterocycles. The SMILES string of the molecule is CCCCCCCCCCCCC(C)(C)S(=O)(=O)C(C)(C)CCCCCCCCCCCC. The molecule has 0 aliphatic heterocycles. The summed E-state index contributed by atoms with van der Waals surface area (Å²) in [6.45, 7) is 12.4. The van der Waals surface area contributed by atoms with Crippen LogP contribution in [0.3, 0.4) is 0 Å². The summed E-state index contributed by atoms with van der Waals surface area (Å²) in [6.07, 6.45) is 27.5. The minimum Gasteiger partial charge on any atom is -0.228 e. The van der Waals surface area contributed by atoms with Gasteiger partial charge in [0.1, 0.15) is 0 Å². The quantitative estimate of drug-likeness (QED) is 0.127. The minimum atomic E-state index is -3.16. The summed E-state index contributed by atoms with van der Waals surface area (Å²) in [5.41, 5.74) is 0. The Hall–Kier alpha value is -0.0500. The van der Waals surface area contributed by atoms with Gasteiger partial charge in [-0.05, 0) is 40.5 Å². The molecule has 0 aromatic rings. The van der Waals surface area contributed by atoms with Crippen molar-refractivity contribution in [3.05, 3.63) is 0 Å². The molecule has 200 valence electrons. The molecule has 0 spiro atoms. The first-order valence-electron chi connectivity index (χ1n) is 14.9. The zero-order valence-corrected chi connectivity index (χ0v) is 24.6. The molecule has 0 unspecified atom stereocenters. The van der Waals surface area contributed by atoms with Crippen molar-refractivity contribution in [1.29, 1.82) is 0 Å². The van der Waals surface area contributed by atoms with Crippen LogP contribution in [0.1, 0.15) is 183 Å². The Kier molecular flexibility index (Phi) is 19.1. The van der Waals surface area contributed by atoms with E-state index in [1.54, 1.807) is 0 Å². The van der Waals surface area contributed by atoms with Gasteiger partial charge in [-0.2, -0.15) is 0 Å². The predicted octanol–water partition coefficient (Wildman–Crippen LogP) is 10.6. The third-order valence-electron chi connectivity index (χ3n) is 7.72. The second kappa shape index (κ2) is 19.2. The second-order valence-electron chi connectivity index (χ2n) is 11.9. The molecule has 3 heteroatoms. The molecule has 0 bridgehead atoms. The van der Waals surface area contributed by atoms with E-state index in [0.717, 1.165) is 25.7 Å². The number of hydrogen-bond donors (Lipinski definition) is 0. The Balaban J connectivity index is 4.07. The molecule has 0 fully saturated rings. The highest BCUT2D eigenvalue weighted by atomic mass is 32.2. The van der Waals surface area contributed by atoms with Gasteiger partial charge in [0, 0.05) is 0 Å². The van der Waals surface area contributed by atoms with Gasteiger partial charge in [-0.1, -0.05) is 142 Å². The van der Waals surface area contributed by atoms with Crippen LogP contribution in [0.5, 0.6) is 0 Å². The van der Waals surface area contributed by atoms with Crippen LogP contribution in [0, 0.1) is 0 Å². The summed E-state index contributed by atoms with van der Waals surface area (Å²) in [7, 11) is -3.16. The van der Waals surface area contributed by atoms with Crippen LogP contribution in [0.15, 0.2) is 0 Å². The fraction of sp³-hybridized carbons (Fsp3) is 1.00. The van der Waals surface area contributed by atoms with Crippen LogP contribution in [0.2, 0.25) is 0 Å². The van der Waals surface area contributed by atoms with Crippen molar-refractivity contribution in [3.8, 4) is 0 Å². The van der Waals surface area contributed by atoms with Gasteiger partial charge in [-0.25, -0.2) is 8.42 Å². The van der Waals surface area contributed by atoms with Gasteiger partial charge in [0.2, 0.25) is 0 Å². The molecule has 0 saturated carbocycles. The largest absolute Gasteiger partial charge is 0.228 e. The molecule has 0 aliphatic rings. The summed E-state index contributed by atoms with van der Waals surface area (Å²) in [5, 5.41) is 0. The first-order valence-corrected chi connectivity index (χ1v) is 16.3. The number of hydrogen-bond acceptors (Lipinski definition) is 2. The summed E-state index contributed by atoms with van der Waals surface area (Å²) in [6, 6.07) is 0. The van der Waals surface area contributed by atoms with Gasteiger partial charge >= 0.3 is 0 Å². The Morgan fingerprint density at radius 3 is 0.848 bits per heavy atom. The third-order valence-corrected chi connectivity index (χ3v) is 11.0. The van der Waals surface area contributed by atoms with E-state index in [2.05, 4.69) is 13.8 Å². The Morgan fingerprint density at radius 1 is 0.394 bits per heavy atom. The molecule has 0 rings (SSSR count). The van der Waals surface area contributed by atoms with Crippen molar-refractivity contribution in [1.82, 2.24) is 0 Å². The van der Waals surface area contributed by atoms with E-state index >= 15 is 0 Å². The van der Waals surface area contributed by atoms with Crippen LogP contribution in [-0.4, -0.2) is 17.9 Å². The molecule has 33 heavy (non-hydrogen) atoms. The van der Waals surface area contributed by atoms with E-state index in [1.165, 1.54) is 116 Å². The van der Waals surface area contributed by atoms with Crippen LogP contribution >= 0.6 is 0 Å². The average Bonchev–Trinajstić information content (AvgIpc) is 2.76. The fourth-order valence-corrected chi connectivity index (χ4v) is 7.42. The Morgan fingerprint density at radius 2 is 0.606 bits per heavy atom. The number of unbranched alkanes of at least 4 members (excludes halogenated alkanes) is 18. The van der Waals surface area contributed by atoms with Crippen molar-refractivity contribution >= 4 is 9.84 Å². The van der Waals surface area contributed by atoms with Crippen molar-refractivity contribution in [2.24, 2.45) is 0 Å². The van der Waals surface area contributed by atoms with E-state index in [4.69, 9.17) is 0 Å². The third kappa shape index (κ3) is 14.8. The van der Waals surface area contributed by atoms with Crippen molar-refractivity contribution in [2.45, 2.75) is 192 Å². The molecule has 0 aliphatic carbocycles. The molecule has 0 radical (unpaired) electrons. The van der Waals surface area contributed by atoms with Crippen molar-refractivity contribution in [3.63, 3.8) is 0 Å². The predicted molar refractivity (Wildman–Crippen MR) is 150 cm³/mol. The van der Waals surface area contributed by atoms with E-state index in [-0.39, 0.29) is 0 Å². The summed E-state index contributed by atoms with van der Waals surface area (Å²) >= 11 is 0. The smallest absolute Gasteiger partial charge is 0.160 e. The van der Waals surface area contributed by atoms with E-state index in [0.29, 0.717) is 0 Å². The molecular formula is C30H62O2S. The Labute approximate surface area is 210 Å².